The minimum Gasteiger partial charge on any atom is -0.330 e. The highest BCUT2D eigenvalue weighted by atomic mass is 32.2. The van der Waals surface area contributed by atoms with Crippen LogP contribution in [0.15, 0.2) is 107 Å². The molecule has 4 heteroatoms. The molecule has 3 nitrogen and oxygen atoms in total. The van der Waals surface area contributed by atoms with Crippen LogP contribution in [0.2, 0.25) is 0 Å². The normalized spacial score (nSPS) is 27.5. The van der Waals surface area contributed by atoms with Crippen LogP contribution < -0.4 is 4.90 Å². The first-order chi connectivity index (χ1) is 14.8. The second-order valence-corrected chi connectivity index (χ2v) is 9.18. The Kier molecular flexibility index (Phi) is 4.20. The number of carbonyl (C=O) groups is 1. The van der Waals surface area contributed by atoms with E-state index in [4.69, 9.17) is 0 Å². The molecule has 0 aromatic heterocycles. The summed E-state index contributed by atoms with van der Waals surface area (Å²) in [5.41, 5.74) is 2.22. The van der Waals surface area contributed by atoms with Gasteiger partial charge in [-0.25, -0.2) is 0 Å². The molecule has 0 N–H and O–H groups in total. The molecule has 1 fully saturated rings. The highest BCUT2D eigenvalue weighted by Crippen LogP contribution is 2.48. The molecule has 4 atom stereocenters. The Balaban J connectivity index is 1.37. The molecule has 0 radical (unpaired) electrons. The molecule has 1 amide bonds. The third-order valence-corrected chi connectivity index (χ3v) is 7.62. The quantitative estimate of drug-likeness (QED) is 0.666. The molecule has 148 valence electrons. The van der Waals surface area contributed by atoms with Crippen molar-refractivity contribution >= 4 is 29.0 Å². The van der Waals surface area contributed by atoms with Crippen LogP contribution in [0.5, 0.6) is 0 Å². The summed E-state index contributed by atoms with van der Waals surface area (Å²) in [5, 5.41) is 0. The molecule has 0 saturated carbocycles. The van der Waals surface area contributed by atoms with Crippen molar-refractivity contribution in [1.29, 1.82) is 0 Å². The largest absolute Gasteiger partial charge is 0.330 e. The van der Waals surface area contributed by atoms with E-state index in [2.05, 4.69) is 107 Å². The highest BCUT2D eigenvalue weighted by Gasteiger charge is 2.47. The zero-order valence-electron chi connectivity index (χ0n) is 16.5. The maximum absolute atomic E-state index is 13.8. The second kappa shape index (κ2) is 7.06. The Morgan fingerprint density at radius 2 is 1.23 bits per heavy atom. The number of allylic oxidation sites excluding steroid dienone is 4. The summed E-state index contributed by atoms with van der Waals surface area (Å²) in [4.78, 5) is 20.5. The SMILES string of the molecule is O=C(CN1c2ccccc2Sc2ccccc21)N1C2C=CC=CC2C2C=CC=CC21. The van der Waals surface area contributed by atoms with Gasteiger partial charge in [0.05, 0.1) is 23.5 Å². The lowest BCUT2D eigenvalue weighted by atomic mass is 9.83. The van der Waals surface area contributed by atoms with Gasteiger partial charge in [0.2, 0.25) is 5.91 Å². The van der Waals surface area contributed by atoms with Crippen molar-refractivity contribution < 1.29 is 4.79 Å². The third kappa shape index (κ3) is 2.71. The first-order valence-corrected chi connectivity index (χ1v) is 11.3. The summed E-state index contributed by atoms with van der Waals surface area (Å²) in [5.74, 6) is 0.872. The van der Waals surface area contributed by atoms with E-state index >= 15 is 0 Å². The fourth-order valence-electron chi connectivity index (χ4n) is 5.19. The second-order valence-electron chi connectivity index (χ2n) is 8.10. The number of hydrogen-bond donors (Lipinski definition) is 0. The maximum atomic E-state index is 13.8. The van der Waals surface area contributed by atoms with Crippen LogP contribution in [0.3, 0.4) is 0 Å². The fraction of sp³-hybridized carbons (Fsp3) is 0.192. The van der Waals surface area contributed by atoms with Crippen LogP contribution >= 0.6 is 11.8 Å². The lowest BCUT2D eigenvalue weighted by Gasteiger charge is -2.36. The van der Waals surface area contributed by atoms with Crippen LogP contribution in [0.1, 0.15) is 0 Å². The predicted octanol–water partition coefficient (Wildman–Crippen LogP) is 5.35. The van der Waals surface area contributed by atoms with E-state index in [0.717, 1.165) is 11.4 Å². The minimum atomic E-state index is 0.120. The molecule has 0 bridgehead atoms. The van der Waals surface area contributed by atoms with E-state index in [1.54, 1.807) is 11.8 Å². The van der Waals surface area contributed by atoms with Crippen LogP contribution in [0, 0.1) is 11.8 Å². The molecular formula is C26H22N2OS. The Bertz CT molecular complexity index is 1050. The third-order valence-electron chi connectivity index (χ3n) is 6.49. The number of nitrogens with zero attached hydrogens (tertiary/aromatic N) is 2. The van der Waals surface area contributed by atoms with Crippen molar-refractivity contribution in [3.63, 3.8) is 0 Å². The standard InChI is InChI=1S/C26H22N2OS/c29-26(28-20-11-3-1-9-18(20)19-10-2-4-12-21(19)28)17-27-22-13-5-7-15-24(22)30-25-16-8-6-14-23(25)27/h1-16,18-21H,17H2. The molecule has 2 heterocycles. The molecule has 0 spiro atoms. The molecule has 4 aliphatic rings. The van der Waals surface area contributed by atoms with Gasteiger partial charge in [-0.1, -0.05) is 84.6 Å². The summed E-state index contributed by atoms with van der Waals surface area (Å²) >= 11 is 1.77. The summed E-state index contributed by atoms with van der Waals surface area (Å²) in [6.07, 6.45) is 17.3. The molecule has 2 aromatic rings. The number of anilines is 2. The predicted molar refractivity (Wildman–Crippen MR) is 122 cm³/mol. The van der Waals surface area contributed by atoms with E-state index in [1.165, 1.54) is 9.79 Å². The average molecular weight is 411 g/mol. The first kappa shape index (κ1) is 17.8. The lowest BCUT2D eigenvalue weighted by molar-refractivity contribution is -0.131. The summed E-state index contributed by atoms with van der Waals surface area (Å²) in [6, 6.07) is 17.0. The van der Waals surface area contributed by atoms with Gasteiger partial charge in [-0.05, 0) is 24.3 Å². The summed E-state index contributed by atoms with van der Waals surface area (Å²) in [6.45, 7) is 0.343. The van der Waals surface area contributed by atoms with Crippen molar-refractivity contribution in [2.45, 2.75) is 21.9 Å². The molecule has 2 aliphatic carbocycles. The zero-order valence-corrected chi connectivity index (χ0v) is 17.3. The average Bonchev–Trinajstić information content (AvgIpc) is 3.13. The number of para-hydroxylation sites is 2. The van der Waals surface area contributed by atoms with Crippen molar-refractivity contribution in [3.8, 4) is 0 Å². The molecule has 6 rings (SSSR count). The fourth-order valence-corrected chi connectivity index (χ4v) is 6.29. The zero-order chi connectivity index (χ0) is 20.1. The molecule has 2 aliphatic heterocycles. The summed E-state index contributed by atoms with van der Waals surface area (Å²) < 4.78 is 0. The topological polar surface area (TPSA) is 23.6 Å². The Hall–Kier alpha value is -2.98. The Labute approximate surface area is 181 Å². The van der Waals surface area contributed by atoms with Gasteiger partial charge < -0.3 is 9.80 Å². The van der Waals surface area contributed by atoms with E-state index in [-0.39, 0.29) is 18.0 Å². The van der Waals surface area contributed by atoms with Crippen molar-refractivity contribution in [2.24, 2.45) is 11.8 Å². The first-order valence-electron chi connectivity index (χ1n) is 10.5. The molecular weight excluding hydrogens is 388 g/mol. The maximum Gasteiger partial charge on any atom is 0.243 e. The molecule has 2 aromatic carbocycles. The van der Waals surface area contributed by atoms with Gasteiger partial charge in [0, 0.05) is 21.6 Å². The highest BCUT2D eigenvalue weighted by molar-refractivity contribution is 7.99. The number of hydrogen-bond acceptors (Lipinski definition) is 3. The van der Waals surface area contributed by atoms with Gasteiger partial charge in [-0.3, -0.25) is 4.79 Å². The summed E-state index contributed by atoms with van der Waals surface area (Å²) in [7, 11) is 0. The number of fused-ring (bicyclic) bond motifs is 5. The van der Waals surface area contributed by atoms with Gasteiger partial charge in [0.1, 0.15) is 6.54 Å². The van der Waals surface area contributed by atoms with Gasteiger partial charge in [-0.2, -0.15) is 0 Å². The van der Waals surface area contributed by atoms with Crippen LogP contribution in [-0.2, 0) is 4.79 Å². The van der Waals surface area contributed by atoms with Crippen LogP contribution in [0.4, 0.5) is 11.4 Å². The van der Waals surface area contributed by atoms with Crippen molar-refractivity contribution in [3.05, 3.63) is 97.1 Å². The number of benzene rings is 2. The van der Waals surface area contributed by atoms with Crippen LogP contribution in [-0.4, -0.2) is 29.4 Å². The smallest absolute Gasteiger partial charge is 0.243 e. The van der Waals surface area contributed by atoms with E-state index in [9.17, 15) is 4.79 Å². The number of rotatable bonds is 2. The van der Waals surface area contributed by atoms with Gasteiger partial charge >= 0.3 is 0 Å². The lowest BCUT2D eigenvalue weighted by Crippen LogP contribution is -2.46. The number of carbonyl (C=O) groups excluding carboxylic acids is 1. The monoisotopic (exact) mass is 410 g/mol. The van der Waals surface area contributed by atoms with Gasteiger partial charge in [0.25, 0.3) is 0 Å². The van der Waals surface area contributed by atoms with Gasteiger partial charge in [0.15, 0.2) is 0 Å². The molecule has 1 saturated heterocycles. The van der Waals surface area contributed by atoms with Crippen molar-refractivity contribution in [2.75, 3.05) is 11.4 Å². The van der Waals surface area contributed by atoms with Crippen LogP contribution in [0.25, 0.3) is 0 Å². The van der Waals surface area contributed by atoms with Crippen molar-refractivity contribution in [1.82, 2.24) is 4.90 Å². The number of likely N-dealkylation sites (tertiary alicyclic amines) is 1. The van der Waals surface area contributed by atoms with E-state index < -0.39 is 0 Å². The van der Waals surface area contributed by atoms with E-state index in [1.807, 2.05) is 0 Å². The number of amides is 1. The van der Waals surface area contributed by atoms with Gasteiger partial charge in [-0.15, -0.1) is 0 Å². The van der Waals surface area contributed by atoms with E-state index in [0.29, 0.717) is 18.4 Å². The minimum absolute atomic E-state index is 0.120. The molecule has 30 heavy (non-hydrogen) atoms. The Morgan fingerprint density at radius 1 is 0.733 bits per heavy atom. The Morgan fingerprint density at radius 3 is 1.80 bits per heavy atom. The molecule has 4 unspecified atom stereocenters.